The second-order valence-corrected chi connectivity index (χ2v) is 9.32. The molecule has 2 heterocycles. The predicted octanol–water partition coefficient (Wildman–Crippen LogP) is 6.00. The molecule has 166 valence electrons. The molecule has 5 heteroatoms. The van der Waals surface area contributed by atoms with E-state index in [-0.39, 0.29) is 17.5 Å². The van der Waals surface area contributed by atoms with Gasteiger partial charge in [-0.05, 0) is 44.0 Å². The van der Waals surface area contributed by atoms with Gasteiger partial charge in [-0.15, -0.1) is 0 Å². The maximum atomic E-state index is 13.4. The van der Waals surface area contributed by atoms with E-state index in [1.165, 1.54) is 0 Å². The highest BCUT2D eigenvalue weighted by Crippen LogP contribution is 2.46. The van der Waals surface area contributed by atoms with E-state index in [0.717, 1.165) is 33.7 Å². The minimum absolute atomic E-state index is 0.0263. The lowest BCUT2D eigenvalue weighted by Gasteiger charge is -2.37. The van der Waals surface area contributed by atoms with Gasteiger partial charge in [0, 0.05) is 16.7 Å². The Bertz CT molecular complexity index is 1260. The van der Waals surface area contributed by atoms with Crippen LogP contribution < -0.4 is 4.74 Å². The number of rotatable bonds is 5. The number of nitrogens with zero attached hydrogens (tertiary/aromatic N) is 2. The molecule has 1 aliphatic rings. The molecule has 1 aliphatic heterocycles. The highest BCUT2D eigenvalue weighted by Gasteiger charge is 2.46. The van der Waals surface area contributed by atoms with E-state index in [1.807, 2.05) is 89.8 Å². The molecule has 1 unspecified atom stereocenters. The van der Waals surface area contributed by atoms with Crippen LogP contribution in [0.4, 0.5) is 0 Å². The third-order valence-electron chi connectivity index (χ3n) is 5.98. The van der Waals surface area contributed by atoms with Crippen molar-refractivity contribution in [3.05, 3.63) is 107 Å². The number of fused-ring (bicyclic) bond motifs is 1. The van der Waals surface area contributed by atoms with Gasteiger partial charge in [0.25, 0.3) is 5.91 Å². The minimum atomic E-state index is -0.363. The number of ether oxygens (including phenoxy) is 1. The standard InChI is InChI=1S/C28H27N3O2/c1-28(2,3)31-26(21-14-16-22(17-15-21)33-18-19-10-6-4-7-11-19)23-24(20-12-8-5-9-13-20)29-30-25(23)27(31)32/h4-17,26H,18H2,1-3H3,(H,29,30). The number of carbonyl (C=O) groups is 1. The topological polar surface area (TPSA) is 58.2 Å². The second-order valence-electron chi connectivity index (χ2n) is 9.32. The van der Waals surface area contributed by atoms with Crippen molar-refractivity contribution in [1.29, 1.82) is 0 Å². The summed E-state index contributed by atoms with van der Waals surface area (Å²) in [6, 6.07) is 27.9. The van der Waals surface area contributed by atoms with Crippen LogP contribution in [0.5, 0.6) is 5.75 Å². The Balaban J connectivity index is 1.51. The number of benzene rings is 3. The molecule has 0 radical (unpaired) electrons. The van der Waals surface area contributed by atoms with E-state index < -0.39 is 0 Å². The molecular weight excluding hydrogens is 410 g/mol. The van der Waals surface area contributed by atoms with E-state index in [1.54, 1.807) is 0 Å². The van der Waals surface area contributed by atoms with Crippen molar-refractivity contribution in [3.8, 4) is 17.0 Å². The van der Waals surface area contributed by atoms with Crippen LogP contribution in [0.2, 0.25) is 0 Å². The van der Waals surface area contributed by atoms with Gasteiger partial charge >= 0.3 is 0 Å². The van der Waals surface area contributed by atoms with Crippen molar-refractivity contribution < 1.29 is 9.53 Å². The molecule has 1 atom stereocenters. The van der Waals surface area contributed by atoms with E-state index >= 15 is 0 Å². The molecule has 1 amide bonds. The first kappa shape index (κ1) is 21.0. The zero-order valence-electron chi connectivity index (χ0n) is 19.1. The average molecular weight is 438 g/mol. The number of hydrogen-bond acceptors (Lipinski definition) is 3. The largest absolute Gasteiger partial charge is 0.489 e. The van der Waals surface area contributed by atoms with Gasteiger partial charge < -0.3 is 9.64 Å². The number of aromatic amines is 1. The third kappa shape index (κ3) is 3.91. The van der Waals surface area contributed by atoms with Crippen LogP contribution >= 0.6 is 0 Å². The summed E-state index contributed by atoms with van der Waals surface area (Å²) in [5.74, 6) is 0.770. The van der Waals surface area contributed by atoms with Gasteiger partial charge in [-0.2, -0.15) is 5.10 Å². The summed E-state index contributed by atoms with van der Waals surface area (Å²) in [7, 11) is 0. The van der Waals surface area contributed by atoms with E-state index in [2.05, 4.69) is 31.0 Å². The molecule has 4 aromatic rings. The van der Waals surface area contributed by atoms with Gasteiger partial charge in [0.1, 0.15) is 18.1 Å². The molecule has 0 saturated heterocycles. The van der Waals surface area contributed by atoms with Gasteiger partial charge in [0.05, 0.1) is 11.7 Å². The molecule has 0 aliphatic carbocycles. The zero-order chi connectivity index (χ0) is 23.0. The van der Waals surface area contributed by atoms with E-state index in [9.17, 15) is 4.79 Å². The molecular formula is C28H27N3O2. The average Bonchev–Trinajstić information content (AvgIpc) is 3.38. The highest BCUT2D eigenvalue weighted by atomic mass is 16.5. The molecule has 0 saturated carbocycles. The van der Waals surface area contributed by atoms with Gasteiger partial charge in [0.15, 0.2) is 0 Å². The summed E-state index contributed by atoms with van der Waals surface area (Å²) in [5.41, 5.74) is 5.10. The first-order valence-corrected chi connectivity index (χ1v) is 11.2. The smallest absolute Gasteiger partial charge is 0.273 e. The zero-order valence-corrected chi connectivity index (χ0v) is 19.1. The summed E-state index contributed by atoms with van der Waals surface area (Å²) in [4.78, 5) is 15.4. The lowest BCUT2D eigenvalue weighted by atomic mass is 9.93. The van der Waals surface area contributed by atoms with Crippen molar-refractivity contribution in [1.82, 2.24) is 15.1 Å². The molecule has 33 heavy (non-hydrogen) atoms. The fourth-order valence-corrected chi connectivity index (χ4v) is 4.46. The van der Waals surface area contributed by atoms with Gasteiger partial charge in [-0.3, -0.25) is 9.89 Å². The van der Waals surface area contributed by atoms with Gasteiger partial charge in [0.2, 0.25) is 0 Å². The summed E-state index contributed by atoms with van der Waals surface area (Å²) in [5, 5.41) is 7.55. The Hall–Kier alpha value is -3.86. The summed E-state index contributed by atoms with van der Waals surface area (Å²) in [6.07, 6.45) is 0. The van der Waals surface area contributed by atoms with Crippen LogP contribution in [0.25, 0.3) is 11.3 Å². The lowest BCUT2D eigenvalue weighted by Crippen LogP contribution is -2.44. The van der Waals surface area contributed by atoms with Gasteiger partial charge in [-0.25, -0.2) is 0 Å². The molecule has 0 fully saturated rings. The van der Waals surface area contributed by atoms with Crippen LogP contribution in [0, 0.1) is 0 Å². The van der Waals surface area contributed by atoms with Crippen LogP contribution in [0.15, 0.2) is 84.9 Å². The van der Waals surface area contributed by atoms with Crippen LogP contribution in [-0.4, -0.2) is 26.5 Å². The van der Waals surface area contributed by atoms with E-state index in [0.29, 0.717) is 12.3 Å². The molecule has 5 rings (SSSR count). The van der Waals surface area contributed by atoms with Crippen molar-refractivity contribution in [3.63, 3.8) is 0 Å². The maximum Gasteiger partial charge on any atom is 0.273 e. The Labute approximate surface area is 194 Å². The lowest BCUT2D eigenvalue weighted by molar-refractivity contribution is 0.0546. The number of hydrogen-bond donors (Lipinski definition) is 1. The molecule has 3 aromatic carbocycles. The monoisotopic (exact) mass is 437 g/mol. The first-order valence-electron chi connectivity index (χ1n) is 11.2. The van der Waals surface area contributed by atoms with Gasteiger partial charge in [-0.1, -0.05) is 72.8 Å². The molecule has 1 N–H and O–H groups in total. The Morgan fingerprint density at radius 2 is 1.55 bits per heavy atom. The Morgan fingerprint density at radius 3 is 2.18 bits per heavy atom. The second kappa shape index (κ2) is 8.24. The number of aromatic nitrogens is 2. The Kier molecular flexibility index (Phi) is 5.25. The quantitative estimate of drug-likeness (QED) is 0.417. The van der Waals surface area contributed by atoms with Crippen molar-refractivity contribution in [2.45, 2.75) is 39.0 Å². The Morgan fingerprint density at radius 1 is 0.909 bits per heavy atom. The third-order valence-corrected chi connectivity index (χ3v) is 5.98. The molecule has 1 aromatic heterocycles. The fourth-order valence-electron chi connectivity index (χ4n) is 4.46. The number of amides is 1. The maximum absolute atomic E-state index is 13.4. The number of nitrogens with one attached hydrogen (secondary N) is 1. The molecule has 0 spiro atoms. The van der Waals surface area contributed by atoms with Crippen LogP contribution in [0.3, 0.4) is 0 Å². The normalized spacial score (nSPS) is 15.5. The van der Waals surface area contributed by atoms with E-state index in [4.69, 9.17) is 4.74 Å². The van der Waals surface area contributed by atoms with Crippen molar-refractivity contribution in [2.75, 3.05) is 0 Å². The fraction of sp³-hybridized carbons (Fsp3) is 0.214. The number of carbonyl (C=O) groups excluding carboxylic acids is 1. The highest BCUT2D eigenvalue weighted by molar-refractivity contribution is 6.00. The van der Waals surface area contributed by atoms with Crippen molar-refractivity contribution in [2.24, 2.45) is 0 Å². The SMILES string of the molecule is CC(C)(C)N1C(=O)c2[nH]nc(-c3ccccc3)c2C1c1ccc(OCc2ccccc2)cc1. The first-order chi connectivity index (χ1) is 15.9. The summed E-state index contributed by atoms with van der Waals surface area (Å²) < 4.78 is 5.97. The van der Waals surface area contributed by atoms with Crippen molar-refractivity contribution >= 4 is 5.91 Å². The molecule has 5 nitrogen and oxygen atoms in total. The van der Waals surface area contributed by atoms with Crippen LogP contribution in [0.1, 0.15) is 54.0 Å². The van der Waals surface area contributed by atoms with Crippen LogP contribution in [-0.2, 0) is 6.61 Å². The summed E-state index contributed by atoms with van der Waals surface area (Å²) >= 11 is 0. The molecule has 0 bridgehead atoms. The minimum Gasteiger partial charge on any atom is -0.489 e. The predicted molar refractivity (Wildman–Crippen MR) is 129 cm³/mol. The summed E-state index contributed by atoms with van der Waals surface area (Å²) in [6.45, 7) is 6.71. The number of H-pyrrole nitrogens is 1.